The number of halogens is 2. The molecule has 4 aromatic carbocycles. The normalized spacial score (nSPS) is 11.8. The monoisotopic (exact) mass is 819 g/mol. The van der Waals surface area contributed by atoms with Crippen LogP contribution in [-0.2, 0) is 17.8 Å². The van der Waals surface area contributed by atoms with Crippen LogP contribution in [0.4, 0.5) is 4.39 Å². The minimum Gasteiger partial charge on any atom is -0.496 e. The fraction of sp³-hybridized carbons (Fsp3) is 0.205. The van der Waals surface area contributed by atoms with Crippen molar-refractivity contribution in [3.63, 3.8) is 0 Å². The minimum atomic E-state index is -1.37. The number of hydrogen-bond acceptors (Lipinski definition) is 11. The van der Waals surface area contributed by atoms with Gasteiger partial charge in [-0.2, -0.15) is 4.37 Å². The van der Waals surface area contributed by atoms with E-state index < -0.39 is 17.9 Å². The highest BCUT2D eigenvalue weighted by molar-refractivity contribution is 7.13. The molecule has 1 atom stereocenters. The Hall–Kier alpha value is -6.15. The fourth-order valence-corrected chi connectivity index (χ4v) is 7.32. The van der Waals surface area contributed by atoms with Crippen molar-refractivity contribution in [3.8, 4) is 56.9 Å². The van der Waals surface area contributed by atoms with Crippen LogP contribution in [0.15, 0.2) is 103 Å². The molecule has 0 aliphatic carbocycles. The molecule has 7 aromatic rings. The fourth-order valence-electron chi connectivity index (χ4n) is 6.40. The number of para-hydroxylation sites is 2. The zero-order valence-electron chi connectivity index (χ0n) is 32.1. The quantitative estimate of drug-likeness (QED) is 0.100. The number of fused-ring (bicyclic) bond motifs is 1. The lowest BCUT2D eigenvalue weighted by Gasteiger charge is -2.19. The second kappa shape index (κ2) is 18.0. The number of methoxy groups -OCH3 is 1. The highest BCUT2D eigenvalue weighted by atomic mass is 35.5. The molecule has 0 aliphatic rings. The van der Waals surface area contributed by atoms with Gasteiger partial charge in [0.2, 0.25) is 12.0 Å². The summed E-state index contributed by atoms with van der Waals surface area (Å²) in [5.74, 6) is 0.561. The second-order valence-electron chi connectivity index (χ2n) is 13.5. The van der Waals surface area contributed by atoms with E-state index in [2.05, 4.69) is 14.3 Å². The van der Waals surface area contributed by atoms with Crippen LogP contribution in [0.25, 0.3) is 43.9 Å². The molecule has 0 aliphatic heterocycles. The van der Waals surface area contributed by atoms with Crippen LogP contribution in [0.2, 0.25) is 5.02 Å². The van der Waals surface area contributed by atoms with Gasteiger partial charge in [-0.3, -0.25) is 4.98 Å². The zero-order chi connectivity index (χ0) is 40.8. The Kier molecular flexibility index (Phi) is 12.4. The molecule has 11 nitrogen and oxygen atoms in total. The summed E-state index contributed by atoms with van der Waals surface area (Å²) in [5, 5.41) is 11.5. The van der Waals surface area contributed by atoms with E-state index in [9.17, 15) is 14.3 Å². The average Bonchev–Trinajstić information content (AvgIpc) is 3.64. The van der Waals surface area contributed by atoms with Crippen molar-refractivity contribution < 1.29 is 33.2 Å². The number of nitrogens with zero attached hydrogens (tertiary/aromatic N) is 5. The van der Waals surface area contributed by atoms with Crippen molar-refractivity contribution in [2.75, 3.05) is 34.4 Å². The SMILES string of the molecule is COc1ccccc1-c1nccc(COc2ccccc2CC(Oc2nsc3cnc(-c4cccc(F)c4)c(-c4ccc(OCCN(C)C)c(Cl)c4C)c23)C(=O)O)n1. The summed E-state index contributed by atoms with van der Waals surface area (Å²) in [6.45, 7) is 3.08. The highest BCUT2D eigenvalue weighted by Crippen LogP contribution is 2.46. The summed E-state index contributed by atoms with van der Waals surface area (Å²) in [4.78, 5) is 28.8. The van der Waals surface area contributed by atoms with Crippen molar-refractivity contribution in [1.82, 2.24) is 24.2 Å². The number of likely N-dealkylation sites (N-methyl/N-ethyl adjacent to an activating group) is 1. The van der Waals surface area contributed by atoms with Crippen molar-refractivity contribution in [3.05, 3.63) is 131 Å². The number of benzene rings is 4. The first-order chi connectivity index (χ1) is 28.1. The number of aromatic nitrogens is 4. The van der Waals surface area contributed by atoms with Crippen molar-refractivity contribution >= 4 is 39.2 Å². The molecule has 3 heterocycles. The molecular formula is C44H39ClFN5O6S. The van der Waals surface area contributed by atoms with Gasteiger partial charge in [-0.15, -0.1) is 0 Å². The van der Waals surface area contributed by atoms with Gasteiger partial charge in [0.15, 0.2) is 5.82 Å². The Labute approximate surface area is 343 Å². The van der Waals surface area contributed by atoms with Gasteiger partial charge >= 0.3 is 5.97 Å². The van der Waals surface area contributed by atoms with E-state index in [1.165, 1.54) is 12.1 Å². The van der Waals surface area contributed by atoms with Crippen LogP contribution >= 0.6 is 23.1 Å². The number of ether oxygens (including phenoxy) is 4. The molecule has 58 heavy (non-hydrogen) atoms. The van der Waals surface area contributed by atoms with Crippen LogP contribution in [0, 0.1) is 12.7 Å². The van der Waals surface area contributed by atoms with Crippen molar-refractivity contribution in [2.45, 2.75) is 26.1 Å². The van der Waals surface area contributed by atoms with Crippen molar-refractivity contribution in [2.24, 2.45) is 0 Å². The molecule has 0 saturated heterocycles. The first-order valence-electron chi connectivity index (χ1n) is 18.3. The molecule has 1 N–H and O–H groups in total. The van der Waals surface area contributed by atoms with Gasteiger partial charge in [0.1, 0.15) is 36.3 Å². The summed E-state index contributed by atoms with van der Waals surface area (Å²) in [5.41, 5.74) is 4.84. The summed E-state index contributed by atoms with van der Waals surface area (Å²) in [7, 11) is 5.50. The number of carbonyl (C=O) groups is 1. The number of aliphatic carboxylic acids is 1. The molecule has 0 saturated carbocycles. The standard InChI is InChI=1S/C44H39ClFN5O6S/c1-26-31(16-17-35(40(26)45)55-21-20-51(2)3)38-39-37(24-48-41(38)28-11-9-12-29(46)22-28)58-50-43(39)57-36(44(52)53)23-27-10-5-7-14-33(27)56-25-30-18-19-47-42(49-30)32-13-6-8-15-34(32)54-4/h5-19,22,24,36H,20-21,23,25H2,1-4H3,(H,52,53). The Morgan fingerprint density at radius 1 is 0.931 bits per heavy atom. The van der Waals surface area contributed by atoms with Gasteiger partial charge in [0.05, 0.1) is 39.2 Å². The summed E-state index contributed by atoms with van der Waals surface area (Å²) in [6.07, 6.45) is 1.85. The number of hydrogen-bond donors (Lipinski definition) is 1. The molecule has 0 spiro atoms. The number of pyridine rings is 1. The smallest absolute Gasteiger partial charge is 0.345 e. The molecule has 0 fully saturated rings. The average molecular weight is 820 g/mol. The van der Waals surface area contributed by atoms with Gasteiger partial charge in [0, 0.05) is 36.5 Å². The van der Waals surface area contributed by atoms with E-state index in [0.717, 1.165) is 17.1 Å². The van der Waals surface area contributed by atoms with Crippen LogP contribution in [-0.4, -0.2) is 75.8 Å². The first kappa shape index (κ1) is 40.1. The third-order valence-electron chi connectivity index (χ3n) is 9.34. The van der Waals surface area contributed by atoms with Crippen molar-refractivity contribution in [1.29, 1.82) is 0 Å². The second-order valence-corrected chi connectivity index (χ2v) is 14.7. The maximum Gasteiger partial charge on any atom is 0.345 e. The third-order valence-corrected chi connectivity index (χ3v) is 10.6. The number of rotatable bonds is 16. The zero-order valence-corrected chi connectivity index (χ0v) is 33.7. The molecule has 0 radical (unpaired) electrons. The van der Waals surface area contributed by atoms with E-state index in [0.29, 0.717) is 90.5 Å². The number of carboxylic acid groups (broad SMARTS) is 1. The largest absolute Gasteiger partial charge is 0.496 e. The Bertz CT molecular complexity index is 2590. The molecular weight excluding hydrogens is 781 g/mol. The van der Waals surface area contributed by atoms with Gasteiger partial charge in [-0.1, -0.05) is 60.1 Å². The Balaban J connectivity index is 1.21. The van der Waals surface area contributed by atoms with Crippen LogP contribution in [0.5, 0.6) is 23.1 Å². The molecule has 7 rings (SSSR count). The summed E-state index contributed by atoms with van der Waals surface area (Å²) >= 11 is 8.05. The van der Waals surface area contributed by atoms with E-state index in [4.69, 9.17) is 35.5 Å². The topological polar surface area (TPSA) is 129 Å². The molecule has 1 unspecified atom stereocenters. The number of carboxylic acids is 1. The summed E-state index contributed by atoms with van der Waals surface area (Å²) < 4.78 is 44.0. The van der Waals surface area contributed by atoms with Crippen LogP contribution in [0.1, 0.15) is 16.8 Å². The van der Waals surface area contributed by atoms with E-state index >= 15 is 0 Å². The van der Waals surface area contributed by atoms with Gasteiger partial charge in [-0.05, 0) is 91.7 Å². The molecule has 3 aromatic heterocycles. The van der Waals surface area contributed by atoms with Gasteiger partial charge in [0.25, 0.3) is 0 Å². The molecule has 296 valence electrons. The Morgan fingerprint density at radius 2 is 1.72 bits per heavy atom. The lowest BCUT2D eigenvalue weighted by atomic mass is 9.93. The Morgan fingerprint density at radius 3 is 2.50 bits per heavy atom. The third kappa shape index (κ3) is 8.86. The minimum absolute atomic E-state index is 0.0538. The van der Waals surface area contributed by atoms with Gasteiger partial charge in [-0.25, -0.2) is 19.2 Å². The van der Waals surface area contributed by atoms with Crippen LogP contribution < -0.4 is 18.9 Å². The lowest BCUT2D eigenvalue weighted by Crippen LogP contribution is -2.29. The molecule has 14 heteroatoms. The first-order valence-corrected chi connectivity index (χ1v) is 19.4. The maximum atomic E-state index is 14.7. The molecule has 0 bridgehead atoms. The van der Waals surface area contributed by atoms with Gasteiger partial charge < -0.3 is 29.0 Å². The van der Waals surface area contributed by atoms with E-state index in [1.54, 1.807) is 62.0 Å². The van der Waals surface area contributed by atoms with E-state index in [-0.39, 0.29) is 18.9 Å². The van der Waals surface area contributed by atoms with Crippen LogP contribution in [0.3, 0.4) is 0 Å². The predicted molar refractivity (Wildman–Crippen MR) is 223 cm³/mol. The lowest BCUT2D eigenvalue weighted by molar-refractivity contribution is -0.145. The van der Waals surface area contributed by atoms with E-state index in [1.807, 2.05) is 62.3 Å². The highest BCUT2D eigenvalue weighted by Gasteiger charge is 2.28. The maximum absolute atomic E-state index is 14.7. The predicted octanol–water partition coefficient (Wildman–Crippen LogP) is 9.19. The molecule has 0 amide bonds. The summed E-state index contributed by atoms with van der Waals surface area (Å²) in [6, 6.07) is 26.2.